The zero-order chi connectivity index (χ0) is 29.0. The average Bonchev–Trinajstić information content (AvgIpc) is 3.10. The van der Waals surface area contributed by atoms with E-state index in [2.05, 4.69) is 170 Å². The Morgan fingerprint density at radius 1 is 0.227 bits per heavy atom. The van der Waals surface area contributed by atoms with E-state index in [0.29, 0.717) is 0 Å². The van der Waals surface area contributed by atoms with Gasteiger partial charge in [0.1, 0.15) is 0 Å². The second kappa shape index (κ2) is 9.93. The standard InChI is InChI=1S/C44H28/c1-3-12-29(13-4-1)31-18-9-19-34(24-31)40-27-35-20-11-23-38-41(28-36-21-10-22-37(40)43(36)44(35)38)42-26-33-17-8-7-16-32(33)25-39(42)30-14-5-2-6-15-30/h1-28H. The van der Waals surface area contributed by atoms with Gasteiger partial charge < -0.3 is 0 Å². The molecule has 0 saturated carbocycles. The number of rotatable bonds is 4. The van der Waals surface area contributed by atoms with Gasteiger partial charge in [-0.25, -0.2) is 0 Å². The van der Waals surface area contributed by atoms with Crippen LogP contribution < -0.4 is 0 Å². The summed E-state index contributed by atoms with van der Waals surface area (Å²) in [5, 5.41) is 10.3. The van der Waals surface area contributed by atoms with Gasteiger partial charge in [-0.3, -0.25) is 0 Å². The van der Waals surface area contributed by atoms with Crippen molar-refractivity contribution in [3.8, 4) is 44.5 Å². The van der Waals surface area contributed by atoms with Crippen LogP contribution in [0.4, 0.5) is 0 Å². The maximum atomic E-state index is 2.42. The summed E-state index contributed by atoms with van der Waals surface area (Å²) in [6.07, 6.45) is 0. The first kappa shape index (κ1) is 24.8. The van der Waals surface area contributed by atoms with Crippen LogP contribution in [0.2, 0.25) is 0 Å². The van der Waals surface area contributed by atoms with Crippen LogP contribution in [0.3, 0.4) is 0 Å². The van der Waals surface area contributed by atoms with Gasteiger partial charge in [-0.2, -0.15) is 0 Å². The Labute approximate surface area is 256 Å². The van der Waals surface area contributed by atoms with Gasteiger partial charge in [0.05, 0.1) is 0 Å². The van der Waals surface area contributed by atoms with Crippen LogP contribution in [-0.4, -0.2) is 0 Å². The molecule has 0 heteroatoms. The molecule has 0 heterocycles. The number of hydrogen-bond acceptors (Lipinski definition) is 0. The number of fused-ring (bicyclic) bond motifs is 1. The number of benzene rings is 9. The quantitative estimate of drug-likeness (QED) is 0.189. The van der Waals surface area contributed by atoms with E-state index in [9.17, 15) is 0 Å². The van der Waals surface area contributed by atoms with Crippen molar-refractivity contribution in [1.82, 2.24) is 0 Å². The van der Waals surface area contributed by atoms with Crippen LogP contribution in [0, 0.1) is 0 Å². The molecule has 0 aromatic heterocycles. The fraction of sp³-hybridized carbons (Fsp3) is 0. The first-order valence-corrected chi connectivity index (χ1v) is 15.3. The Hall–Kier alpha value is -5.72. The summed E-state index contributed by atoms with van der Waals surface area (Å²) in [5.74, 6) is 0. The predicted octanol–water partition coefficient (Wildman–Crippen LogP) is 12.4. The number of hydrogen-bond donors (Lipinski definition) is 0. The summed E-state index contributed by atoms with van der Waals surface area (Å²) >= 11 is 0. The Kier molecular flexibility index (Phi) is 5.61. The first-order valence-electron chi connectivity index (χ1n) is 15.3. The smallest absolute Gasteiger partial charge is 0.00201 e. The second-order valence-electron chi connectivity index (χ2n) is 11.7. The molecule has 0 saturated heterocycles. The van der Waals surface area contributed by atoms with E-state index in [-0.39, 0.29) is 0 Å². The molecule has 0 radical (unpaired) electrons. The van der Waals surface area contributed by atoms with Gasteiger partial charge in [0, 0.05) is 0 Å². The average molecular weight is 557 g/mol. The molecule has 0 spiro atoms. The van der Waals surface area contributed by atoms with Crippen LogP contribution in [0.15, 0.2) is 170 Å². The fourth-order valence-electron chi connectivity index (χ4n) is 7.13. The summed E-state index contributed by atoms with van der Waals surface area (Å²) < 4.78 is 0. The fourth-order valence-corrected chi connectivity index (χ4v) is 7.13. The van der Waals surface area contributed by atoms with Crippen molar-refractivity contribution in [2.45, 2.75) is 0 Å². The highest BCUT2D eigenvalue weighted by atomic mass is 14.2. The van der Waals surface area contributed by atoms with Gasteiger partial charge >= 0.3 is 0 Å². The minimum Gasteiger partial charge on any atom is -0.0622 e. The van der Waals surface area contributed by atoms with E-state index in [0.717, 1.165) is 0 Å². The van der Waals surface area contributed by atoms with Crippen molar-refractivity contribution < 1.29 is 0 Å². The minimum atomic E-state index is 1.24. The molecule has 0 nitrogen and oxygen atoms in total. The highest BCUT2D eigenvalue weighted by Gasteiger charge is 2.19. The second-order valence-corrected chi connectivity index (χ2v) is 11.7. The van der Waals surface area contributed by atoms with E-state index in [1.54, 1.807) is 0 Å². The van der Waals surface area contributed by atoms with Gasteiger partial charge in [-0.05, 0) is 118 Å². The van der Waals surface area contributed by atoms with Crippen molar-refractivity contribution >= 4 is 43.1 Å². The molecule has 0 aliphatic heterocycles. The third-order valence-corrected chi connectivity index (χ3v) is 9.16. The van der Waals surface area contributed by atoms with Gasteiger partial charge in [0.2, 0.25) is 0 Å². The third-order valence-electron chi connectivity index (χ3n) is 9.16. The molecule has 9 rings (SSSR count). The lowest BCUT2D eigenvalue weighted by atomic mass is 9.83. The van der Waals surface area contributed by atoms with Crippen molar-refractivity contribution in [2.75, 3.05) is 0 Å². The molecule has 0 aliphatic carbocycles. The van der Waals surface area contributed by atoms with Gasteiger partial charge in [-0.15, -0.1) is 0 Å². The topological polar surface area (TPSA) is 0 Å². The molecule has 0 amide bonds. The van der Waals surface area contributed by atoms with Crippen molar-refractivity contribution in [2.24, 2.45) is 0 Å². The molecule has 0 atom stereocenters. The maximum Gasteiger partial charge on any atom is -0.00201 e. The largest absolute Gasteiger partial charge is 0.0622 e. The monoisotopic (exact) mass is 556 g/mol. The maximum absolute atomic E-state index is 2.42. The van der Waals surface area contributed by atoms with Crippen LogP contribution in [0.25, 0.3) is 87.6 Å². The molecule has 44 heavy (non-hydrogen) atoms. The van der Waals surface area contributed by atoms with Crippen LogP contribution in [0.5, 0.6) is 0 Å². The molecule has 0 N–H and O–H groups in total. The zero-order valence-electron chi connectivity index (χ0n) is 24.2. The molecule has 0 aliphatic rings. The molecule has 0 unspecified atom stereocenters. The molecule has 204 valence electrons. The van der Waals surface area contributed by atoms with Crippen molar-refractivity contribution in [3.63, 3.8) is 0 Å². The summed E-state index contributed by atoms with van der Waals surface area (Å²) in [4.78, 5) is 0. The lowest BCUT2D eigenvalue weighted by Gasteiger charge is -2.20. The predicted molar refractivity (Wildman–Crippen MR) is 189 cm³/mol. The molecular formula is C44H28. The van der Waals surface area contributed by atoms with E-state index in [1.165, 1.54) is 87.6 Å². The van der Waals surface area contributed by atoms with Gasteiger partial charge in [0.25, 0.3) is 0 Å². The Morgan fingerprint density at radius 3 is 1.36 bits per heavy atom. The molecular weight excluding hydrogens is 528 g/mol. The van der Waals surface area contributed by atoms with Gasteiger partial charge in [0.15, 0.2) is 0 Å². The van der Waals surface area contributed by atoms with Crippen LogP contribution in [0.1, 0.15) is 0 Å². The van der Waals surface area contributed by atoms with Gasteiger partial charge in [-0.1, -0.05) is 140 Å². The Balaban J connectivity index is 1.34. The van der Waals surface area contributed by atoms with E-state index in [4.69, 9.17) is 0 Å². The summed E-state index contributed by atoms with van der Waals surface area (Å²) in [6, 6.07) is 62.3. The van der Waals surface area contributed by atoms with E-state index in [1.807, 2.05) is 0 Å². The highest BCUT2D eigenvalue weighted by Crippen LogP contribution is 2.46. The van der Waals surface area contributed by atoms with E-state index >= 15 is 0 Å². The minimum absolute atomic E-state index is 1.24. The summed E-state index contributed by atoms with van der Waals surface area (Å²) in [6.45, 7) is 0. The summed E-state index contributed by atoms with van der Waals surface area (Å²) in [7, 11) is 0. The summed E-state index contributed by atoms with van der Waals surface area (Å²) in [5.41, 5.74) is 10.0. The lowest BCUT2D eigenvalue weighted by Crippen LogP contribution is -1.93. The highest BCUT2D eigenvalue weighted by molar-refractivity contribution is 6.29. The first-order chi connectivity index (χ1) is 21.8. The van der Waals surface area contributed by atoms with E-state index < -0.39 is 0 Å². The van der Waals surface area contributed by atoms with Crippen molar-refractivity contribution in [1.29, 1.82) is 0 Å². The lowest BCUT2D eigenvalue weighted by molar-refractivity contribution is 1.61. The Morgan fingerprint density at radius 2 is 0.682 bits per heavy atom. The third kappa shape index (κ3) is 3.92. The zero-order valence-corrected chi connectivity index (χ0v) is 24.2. The molecule has 0 fully saturated rings. The van der Waals surface area contributed by atoms with Crippen molar-refractivity contribution in [3.05, 3.63) is 170 Å². The van der Waals surface area contributed by atoms with Crippen LogP contribution in [-0.2, 0) is 0 Å². The molecule has 9 aromatic rings. The Bertz CT molecular complexity index is 2470. The normalized spacial score (nSPS) is 11.6. The van der Waals surface area contributed by atoms with Crippen LogP contribution >= 0.6 is 0 Å². The SMILES string of the molecule is c1ccc(-c2cccc(-c3cc4cccc5c(-c6cc7ccccc7cc6-c6ccccc6)cc6cccc3c6c45)c2)cc1. The molecule has 9 aromatic carbocycles. The molecule has 0 bridgehead atoms.